The highest BCUT2D eigenvalue weighted by Crippen LogP contribution is 2.12. The van der Waals surface area contributed by atoms with Gasteiger partial charge in [0, 0.05) is 50.7 Å². The predicted octanol–water partition coefficient (Wildman–Crippen LogP) is 2.96. The Morgan fingerprint density at radius 3 is 2.50 bits per heavy atom. The van der Waals surface area contributed by atoms with Gasteiger partial charge in [-0.25, -0.2) is 4.99 Å². The van der Waals surface area contributed by atoms with E-state index in [0.29, 0.717) is 19.8 Å². The number of hydrogen-bond acceptors (Lipinski definition) is 5. The number of benzene rings is 1. The predicted molar refractivity (Wildman–Crippen MR) is 118 cm³/mol. The van der Waals surface area contributed by atoms with Crippen molar-refractivity contribution in [3.05, 3.63) is 57.4 Å². The van der Waals surface area contributed by atoms with Crippen LogP contribution in [0.15, 0.2) is 35.3 Å². The fraction of sp³-hybridized carbons (Fsp3) is 0.524. The van der Waals surface area contributed by atoms with Crippen molar-refractivity contribution in [2.24, 2.45) is 4.99 Å². The average Bonchev–Trinajstić information content (AvgIpc) is 3.05. The molecule has 0 radical (unpaired) electrons. The van der Waals surface area contributed by atoms with Gasteiger partial charge in [0.15, 0.2) is 5.96 Å². The number of aliphatic imine (C=N–C) groups is 1. The number of nitro groups is 1. The SMILES string of the molecule is CCOCCCNC(=NCc1ccc([N+](=O)[O-])cc1)NCCCn1nc(C)cc1C. The smallest absolute Gasteiger partial charge is 0.269 e. The number of aryl methyl sites for hydroxylation is 3. The number of nitro benzene ring substituents is 1. The molecule has 2 N–H and O–H groups in total. The van der Waals surface area contributed by atoms with Crippen molar-refractivity contribution in [3.8, 4) is 0 Å². The van der Waals surface area contributed by atoms with Crippen molar-refractivity contribution in [1.82, 2.24) is 20.4 Å². The fourth-order valence-electron chi connectivity index (χ4n) is 2.93. The van der Waals surface area contributed by atoms with Gasteiger partial charge >= 0.3 is 0 Å². The van der Waals surface area contributed by atoms with Crippen LogP contribution in [0.5, 0.6) is 0 Å². The average molecular weight is 417 g/mol. The maximum atomic E-state index is 10.8. The number of hydrogen-bond donors (Lipinski definition) is 2. The zero-order valence-corrected chi connectivity index (χ0v) is 18.1. The minimum Gasteiger partial charge on any atom is -0.382 e. The lowest BCUT2D eigenvalue weighted by Gasteiger charge is -2.13. The summed E-state index contributed by atoms with van der Waals surface area (Å²) in [6, 6.07) is 8.54. The Morgan fingerprint density at radius 2 is 1.90 bits per heavy atom. The Morgan fingerprint density at radius 1 is 1.20 bits per heavy atom. The zero-order valence-electron chi connectivity index (χ0n) is 18.1. The minimum atomic E-state index is -0.400. The van der Waals surface area contributed by atoms with Crippen LogP contribution in [-0.4, -0.2) is 47.0 Å². The monoisotopic (exact) mass is 416 g/mol. The second-order valence-electron chi connectivity index (χ2n) is 7.00. The van der Waals surface area contributed by atoms with Crippen molar-refractivity contribution in [2.45, 2.75) is 46.7 Å². The minimum absolute atomic E-state index is 0.0827. The van der Waals surface area contributed by atoms with E-state index in [1.165, 1.54) is 12.1 Å². The molecule has 1 aromatic heterocycles. The molecule has 1 heterocycles. The van der Waals surface area contributed by atoms with Crippen LogP contribution in [-0.2, 0) is 17.8 Å². The lowest BCUT2D eigenvalue weighted by atomic mass is 10.2. The van der Waals surface area contributed by atoms with E-state index in [9.17, 15) is 10.1 Å². The Balaban J connectivity index is 1.87. The summed E-state index contributed by atoms with van der Waals surface area (Å²) in [6.45, 7) is 10.3. The Kier molecular flexibility index (Phi) is 9.79. The van der Waals surface area contributed by atoms with E-state index >= 15 is 0 Å². The summed E-state index contributed by atoms with van der Waals surface area (Å²) in [7, 11) is 0. The Bertz CT molecular complexity index is 817. The standard InChI is InChI=1S/C21H32N6O3/c1-4-30-14-6-12-23-21(22-11-5-13-26-18(3)15-17(2)25-26)24-16-19-7-9-20(10-8-19)27(28)29/h7-10,15H,4-6,11-14,16H2,1-3H3,(H2,22,23,24). The highest BCUT2D eigenvalue weighted by atomic mass is 16.6. The van der Waals surface area contributed by atoms with Crippen LogP contribution in [0, 0.1) is 24.0 Å². The first-order chi connectivity index (χ1) is 14.5. The van der Waals surface area contributed by atoms with Gasteiger partial charge in [0.25, 0.3) is 5.69 Å². The molecule has 0 bridgehead atoms. The molecule has 0 atom stereocenters. The number of rotatable bonds is 12. The summed E-state index contributed by atoms with van der Waals surface area (Å²) in [5, 5.41) is 21.9. The van der Waals surface area contributed by atoms with Gasteiger partial charge in [0.1, 0.15) is 0 Å². The van der Waals surface area contributed by atoms with Gasteiger partial charge in [0.2, 0.25) is 0 Å². The second kappa shape index (κ2) is 12.6. The van der Waals surface area contributed by atoms with Gasteiger partial charge in [-0.3, -0.25) is 14.8 Å². The van der Waals surface area contributed by atoms with Gasteiger partial charge < -0.3 is 15.4 Å². The van der Waals surface area contributed by atoms with E-state index in [2.05, 4.69) is 33.7 Å². The molecule has 9 heteroatoms. The number of guanidine groups is 1. The lowest BCUT2D eigenvalue weighted by Crippen LogP contribution is -2.39. The van der Waals surface area contributed by atoms with E-state index in [-0.39, 0.29) is 5.69 Å². The summed E-state index contributed by atoms with van der Waals surface area (Å²) >= 11 is 0. The highest BCUT2D eigenvalue weighted by Gasteiger charge is 2.05. The summed E-state index contributed by atoms with van der Waals surface area (Å²) in [6.07, 6.45) is 1.80. The van der Waals surface area contributed by atoms with Crippen LogP contribution in [0.2, 0.25) is 0 Å². The normalized spacial score (nSPS) is 11.5. The molecule has 0 unspecified atom stereocenters. The fourth-order valence-corrected chi connectivity index (χ4v) is 2.93. The third kappa shape index (κ3) is 8.20. The molecular formula is C21H32N6O3. The molecule has 0 aliphatic carbocycles. The topological polar surface area (TPSA) is 107 Å². The number of ether oxygens (including phenoxy) is 1. The molecule has 0 fully saturated rings. The largest absolute Gasteiger partial charge is 0.382 e. The summed E-state index contributed by atoms with van der Waals surface area (Å²) in [5.41, 5.74) is 3.19. The van der Waals surface area contributed by atoms with Gasteiger partial charge in [-0.05, 0) is 45.2 Å². The molecule has 164 valence electrons. The molecule has 0 saturated heterocycles. The van der Waals surface area contributed by atoms with E-state index in [1.54, 1.807) is 12.1 Å². The van der Waals surface area contributed by atoms with Crippen molar-refractivity contribution >= 4 is 11.6 Å². The van der Waals surface area contributed by atoms with Crippen LogP contribution >= 0.6 is 0 Å². The van der Waals surface area contributed by atoms with Crippen LogP contribution < -0.4 is 10.6 Å². The zero-order chi connectivity index (χ0) is 21.8. The van der Waals surface area contributed by atoms with E-state index in [1.807, 2.05) is 18.5 Å². The molecule has 2 aromatic rings. The molecule has 1 aromatic carbocycles. The van der Waals surface area contributed by atoms with Gasteiger partial charge in [-0.1, -0.05) is 12.1 Å². The molecule has 0 saturated carbocycles. The van der Waals surface area contributed by atoms with Crippen LogP contribution in [0.3, 0.4) is 0 Å². The third-order valence-corrected chi connectivity index (χ3v) is 4.47. The van der Waals surface area contributed by atoms with Gasteiger partial charge in [-0.15, -0.1) is 0 Å². The molecule has 2 rings (SSSR count). The highest BCUT2D eigenvalue weighted by molar-refractivity contribution is 5.79. The summed E-state index contributed by atoms with van der Waals surface area (Å²) < 4.78 is 7.38. The van der Waals surface area contributed by atoms with Crippen molar-refractivity contribution in [1.29, 1.82) is 0 Å². The van der Waals surface area contributed by atoms with Crippen LogP contribution in [0.25, 0.3) is 0 Å². The quantitative estimate of drug-likeness (QED) is 0.181. The maximum Gasteiger partial charge on any atom is 0.269 e. The summed E-state index contributed by atoms with van der Waals surface area (Å²) in [5.74, 6) is 0.721. The Hall–Kier alpha value is -2.94. The first-order valence-corrected chi connectivity index (χ1v) is 10.3. The molecule has 0 aliphatic heterocycles. The number of nitrogens with one attached hydrogen (secondary N) is 2. The van der Waals surface area contributed by atoms with Crippen LogP contribution in [0.4, 0.5) is 5.69 Å². The van der Waals surface area contributed by atoms with E-state index in [4.69, 9.17) is 4.74 Å². The number of nitrogens with zero attached hydrogens (tertiary/aromatic N) is 4. The molecule has 0 aliphatic rings. The summed E-state index contributed by atoms with van der Waals surface area (Å²) in [4.78, 5) is 15.0. The molecule has 0 amide bonds. The lowest BCUT2D eigenvalue weighted by molar-refractivity contribution is -0.384. The maximum absolute atomic E-state index is 10.8. The first kappa shape index (κ1) is 23.3. The van der Waals surface area contributed by atoms with Gasteiger partial charge in [0.05, 0.1) is 17.2 Å². The first-order valence-electron chi connectivity index (χ1n) is 10.3. The van der Waals surface area contributed by atoms with Crippen molar-refractivity contribution < 1.29 is 9.66 Å². The number of aromatic nitrogens is 2. The third-order valence-electron chi connectivity index (χ3n) is 4.47. The molecule has 30 heavy (non-hydrogen) atoms. The Labute approximate surface area is 177 Å². The molecule has 9 nitrogen and oxygen atoms in total. The van der Waals surface area contributed by atoms with Crippen molar-refractivity contribution in [2.75, 3.05) is 26.3 Å². The van der Waals surface area contributed by atoms with E-state index in [0.717, 1.165) is 55.4 Å². The molecule has 0 spiro atoms. The molecular weight excluding hydrogens is 384 g/mol. The van der Waals surface area contributed by atoms with E-state index < -0.39 is 4.92 Å². The van der Waals surface area contributed by atoms with Gasteiger partial charge in [-0.2, -0.15) is 5.10 Å². The second-order valence-corrected chi connectivity index (χ2v) is 7.00. The number of non-ortho nitro benzene ring substituents is 1. The van der Waals surface area contributed by atoms with Crippen molar-refractivity contribution in [3.63, 3.8) is 0 Å². The van der Waals surface area contributed by atoms with Crippen LogP contribution in [0.1, 0.15) is 36.7 Å².